The van der Waals surface area contributed by atoms with E-state index in [0.29, 0.717) is 12.4 Å². The van der Waals surface area contributed by atoms with Crippen LogP contribution >= 0.6 is 0 Å². The van der Waals surface area contributed by atoms with E-state index in [-0.39, 0.29) is 0 Å². The second-order valence-corrected chi connectivity index (χ2v) is 7.94. The minimum absolute atomic E-state index is 0.547. The monoisotopic (exact) mass is 424 g/mol. The molecule has 2 aliphatic heterocycles. The average Bonchev–Trinajstić information content (AvgIpc) is 2.80. The van der Waals surface area contributed by atoms with E-state index in [9.17, 15) is 0 Å². The quantitative estimate of drug-likeness (QED) is 0.656. The van der Waals surface area contributed by atoms with Crippen LogP contribution in [0.2, 0.25) is 0 Å². The lowest BCUT2D eigenvalue weighted by molar-refractivity contribution is 0.0398. The van der Waals surface area contributed by atoms with Crippen molar-refractivity contribution in [2.45, 2.75) is 13.5 Å². The summed E-state index contributed by atoms with van der Waals surface area (Å²) in [6.45, 7) is 11.3. The molecule has 31 heavy (non-hydrogen) atoms. The molecule has 0 radical (unpaired) electrons. The third-order valence-electron chi connectivity index (χ3n) is 5.52. The van der Waals surface area contributed by atoms with Crippen molar-refractivity contribution in [3.63, 3.8) is 0 Å². The second kappa shape index (κ2) is 11.2. The Bertz CT molecular complexity index is 863. The molecule has 2 aromatic rings. The fraction of sp³-hybridized carbons (Fsp3) is 0.522. The molecule has 0 saturated carbocycles. The van der Waals surface area contributed by atoms with Gasteiger partial charge >= 0.3 is 0 Å². The van der Waals surface area contributed by atoms with Crippen molar-refractivity contribution in [1.82, 2.24) is 9.88 Å². The Kier molecular flexibility index (Phi) is 7.81. The molecule has 4 rings (SSSR count). The van der Waals surface area contributed by atoms with Crippen molar-refractivity contribution in [3.8, 4) is 0 Å². The Hall–Kier alpha value is -2.55. The number of ether oxygens (including phenoxy) is 2. The number of aryl methyl sites for hydroxylation is 1. The van der Waals surface area contributed by atoms with E-state index in [1.807, 2.05) is 12.1 Å². The van der Waals surface area contributed by atoms with E-state index < -0.39 is 0 Å². The summed E-state index contributed by atoms with van der Waals surface area (Å²) in [5, 5.41) is 12.3. The first-order valence-electron chi connectivity index (χ1n) is 11.1. The van der Waals surface area contributed by atoms with Crippen molar-refractivity contribution in [2.75, 3.05) is 75.9 Å². The molecule has 8 heteroatoms. The molecule has 2 aliphatic rings. The maximum Gasteiger partial charge on any atom is 0.178 e. The van der Waals surface area contributed by atoms with Crippen LogP contribution in [0.15, 0.2) is 46.6 Å². The fourth-order valence-electron chi connectivity index (χ4n) is 3.81. The van der Waals surface area contributed by atoms with Crippen molar-refractivity contribution < 1.29 is 9.47 Å². The highest BCUT2D eigenvalue weighted by Crippen LogP contribution is 2.25. The summed E-state index contributed by atoms with van der Waals surface area (Å²) in [4.78, 5) is 9.41. The van der Waals surface area contributed by atoms with E-state index in [2.05, 4.69) is 61.5 Å². The van der Waals surface area contributed by atoms with Crippen LogP contribution in [0.4, 0.5) is 17.3 Å². The second-order valence-electron chi connectivity index (χ2n) is 7.94. The zero-order chi connectivity index (χ0) is 21.3. The number of anilines is 2. The topological polar surface area (TPSA) is 74.6 Å². The van der Waals surface area contributed by atoms with Crippen LogP contribution in [-0.4, -0.2) is 75.6 Å². The molecule has 0 amide bonds. The molecule has 3 heterocycles. The lowest BCUT2D eigenvalue weighted by Gasteiger charge is -2.29. The summed E-state index contributed by atoms with van der Waals surface area (Å²) in [6.07, 6.45) is 0. The highest BCUT2D eigenvalue weighted by atomic mass is 16.5. The number of morpholine rings is 2. The first kappa shape index (κ1) is 21.7. The highest BCUT2D eigenvalue weighted by molar-refractivity contribution is 5.60. The molecule has 2 fully saturated rings. The standard InChI is InChI=1S/C23H32N6O2/c1-19-3-2-4-20(15-19)18-25-27-23-17-21(29-9-13-31-14-10-29)16-22(26-23)24-5-6-28-7-11-30-12-8-28/h2-4,15-17H,5-14,18H2,1H3,(H,24,26). The van der Waals surface area contributed by atoms with Crippen molar-refractivity contribution >= 4 is 17.3 Å². The van der Waals surface area contributed by atoms with Crippen LogP contribution in [0, 0.1) is 6.92 Å². The Balaban J connectivity index is 1.43. The van der Waals surface area contributed by atoms with Crippen LogP contribution in [0.5, 0.6) is 0 Å². The van der Waals surface area contributed by atoms with E-state index in [1.165, 1.54) is 5.56 Å². The zero-order valence-corrected chi connectivity index (χ0v) is 18.3. The number of nitrogens with one attached hydrogen (secondary N) is 1. The van der Waals surface area contributed by atoms with Gasteiger partial charge in [-0.1, -0.05) is 29.8 Å². The third kappa shape index (κ3) is 6.72. The van der Waals surface area contributed by atoms with Gasteiger partial charge in [-0.2, -0.15) is 5.11 Å². The molecule has 0 unspecified atom stereocenters. The SMILES string of the molecule is Cc1cccc(CN=Nc2cc(N3CCOCC3)cc(NCCN3CCOCC3)n2)c1. The molecule has 0 spiro atoms. The minimum atomic E-state index is 0.547. The Morgan fingerprint density at radius 3 is 2.55 bits per heavy atom. The van der Waals surface area contributed by atoms with E-state index in [4.69, 9.17) is 9.47 Å². The lowest BCUT2D eigenvalue weighted by Crippen LogP contribution is -2.39. The van der Waals surface area contributed by atoms with Crippen LogP contribution in [0.25, 0.3) is 0 Å². The van der Waals surface area contributed by atoms with Crippen molar-refractivity contribution in [2.24, 2.45) is 10.2 Å². The number of rotatable bonds is 8. The first-order valence-corrected chi connectivity index (χ1v) is 11.1. The molecule has 166 valence electrons. The summed E-state index contributed by atoms with van der Waals surface area (Å²) in [7, 11) is 0. The number of hydrogen-bond acceptors (Lipinski definition) is 8. The summed E-state index contributed by atoms with van der Waals surface area (Å²) in [6, 6.07) is 12.5. The molecule has 0 bridgehead atoms. The molecule has 0 atom stereocenters. The maximum atomic E-state index is 5.51. The zero-order valence-electron chi connectivity index (χ0n) is 18.3. The van der Waals surface area contributed by atoms with Crippen LogP contribution in [0.3, 0.4) is 0 Å². The Morgan fingerprint density at radius 1 is 1.00 bits per heavy atom. The van der Waals surface area contributed by atoms with Gasteiger partial charge in [-0.15, -0.1) is 5.11 Å². The third-order valence-corrected chi connectivity index (χ3v) is 5.52. The summed E-state index contributed by atoms with van der Waals surface area (Å²) in [5.74, 6) is 1.47. The van der Waals surface area contributed by atoms with Gasteiger partial charge in [0.1, 0.15) is 5.82 Å². The van der Waals surface area contributed by atoms with Crippen molar-refractivity contribution in [3.05, 3.63) is 47.5 Å². The van der Waals surface area contributed by atoms with Crippen molar-refractivity contribution in [1.29, 1.82) is 0 Å². The largest absolute Gasteiger partial charge is 0.379 e. The van der Waals surface area contributed by atoms with Crippen LogP contribution in [-0.2, 0) is 16.0 Å². The highest BCUT2D eigenvalue weighted by Gasteiger charge is 2.14. The van der Waals surface area contributed by atoms with Crippen LogP contribution < -0.4 is 10.2 Å². The van der Waals surface area contributed by atoms with Gasteiger partial charge in [-0.05, 0) is 12.5 Å². The van der Waals surface area contributed by atoms with Gasteiger partial charge in [-0.25, -0.2) is 4.98 Å². The normalized spacial score (nSPS) is 17.9. The molecule has 0 aliphatic carbocycles. The van der Waals surface area contributed by atoms with Gasteiger partial charge < -0.3 is 19.7 Å². The van der Waals surface area contributed by atoms with Gasteiger partial charge in [-0.3, -0.25) is 4.90 Å². The van der Waals surface area contributed by atoms with E-state index in [0.717, 1.165) is 82.8 Å². The summed E-state index contributed by atoms with van der Waals surface area (Å²) >= 11 is 0. The summed E-state index contributed by atoms with van der Waals surface area (Å²) in [5.41, 5.74) is 3.49. The number of benzene rings is 1. The fourth-order valence-corrected chi connectivity index (χ4v) is 3.81. The molecule has 2 saturated heterocycles. The average molecular weight is 425 g/mol. The Morgan fingerprint density at radius 2 is 1.77 bits per heavy atom. The Labute approximate surface area is 184 Å². The van der Waals surface area contributed by atoms with Gasteiger partial charge in [0.05, 0.1) is 33.0 Å². The first-order chi connectivity index (χ1) is 15.3. The lowest BCUT2D eigenvalue weighted by atomic mass is 10.1. The van der Waals surface area contributed by atoms with E-state index >= 15 is 0 Å². The van der Waals surface area contributed by atoms with Gasteiger partial charge in [0.2, 0.25) is 0 Å². The van der Waals surface area contributed by atoms with Crippen LogP contribution in [0.1, 0.15) is 11.1 Å². The van der Waals surface area contributed by atoms with Gasteiger partial charge in [0.25, 0.3) is 0 Å². The molecule has 8 nitrogen and oxygen atoms in total. The minimum Gasteiger partial charge on any atom is -0.379 e. The van der Waals surface area contributed by atoms with Gasteiger partial charge in [0, 0.05) is 57.1 Å². The molecular weight excluding hydrogens is 392 g/mol. The van der Waals surface area contributed by atoms with E-state index in [1.54, 1.807) is 0 Å². The maximum absolute atomic E-state index is 5.51. The molecule has 1 N–H and O–H groups in total. The predicted octanol–water partition coefficient (Wildman–Crippen LogP) is 3.25. The number of aromatic nitrogens is 1. The smallest absolute Gasteiger partial charge is 0.178 e. The number of pyridine rings is 1. The molecule has 1 aromatic carbocycles. The number of azo groups is 1. The number of nitrogens with zero attached hydrogens (tertiary/aromatic N) is 5. The predicted molar refractivity (Wildman–Crippen MR) is 122 cm³/mol. The molecular formula is C23H32N6O2. The molecule has 1 aromatic heterocycles. The number of hydrogen-bond donors (Lipinski definition) is 1. The summed E-state index contributed by atoms with van der Waals surface area (Å²) < 4.78 is 10.9. The van der Waals surface area contributed by atoms with Gasteiger partial charge in [0.15, 0.2) is 5.82 Å².